The quantitative estimate of drug-likeness (QED) is 0.482. The molecule has 0 bridgehead atoms. The molecule has 0 atom stereocenters. The molecule has 0 aromatic rings. The molecule has 0 N–H and O–H groups in total. The van der Waals surface area contributed by atoms with Crippen LogP contribution in [0.15, 0.2) is 11.1 Å². The molecule has 1 rings (SSSR count). The van der Waals surface area contributed by atoms with E-state index < -0.39 is 11.8 Å². The van der Waals surface area contributed by atoms with Crippen LogP contribution in [0.2, 0.25) is 0 Å². The Morgan fingerprint density at radius 3 is 1.29 bits per heavy atom. The summed E-state index contributed by atoms with van der Waals surface area (Å²) in [5.74, 6) is -7.79. The van der Waals surface area contributed by atoms with Gasteiger partial charge in [0.1, 0.15) is 0 Å². The zero-order valence-corrected chi connectivity index (χ0v) is 8.34. The monoisotopic (exact) mass is 210 g/mol. The number of allylic oxidation sites excluding steroid dienone is 2. The predicted octanol–water partition coefficient (Wildman–Crippen LogP) is 4.17. The van der Waals surface area contributed by atoms with E-state index >= 15 is 0 Å². The van der Waals surface area contributed by atoms with Gasteiger partial charge < -0.3 is 0 Å². The van der Waals surface area contributed by atoms with E-state index in [1.807, 2.05) is 0 Å². The van der Waals surface area contributed by atoms with Crippen LogP contribution >= 0.6 is 0 Å². The molecule has 0 aromatic heterocycles. The second-order valence-electron chi connectivity index (χ2n) is 3.61. The van der Waals surface area contributed by atoms with Gasteiger partial charge in [0.2, 0.25) is 0 Å². The number of rotatable bonds is 4. The van der Waals surface area contributed by atoms with Crippen molar-refractivity contribution in [2.24, 2.45) is 0 Å². The first kappa shape index (κ1) is 11.5. The van der Waals surface area contributed by atoms with E-state index in [1.165, 1.54) is 0 Å². The molecule has 0 heterocycles. The van der Waals surface area contributed by atoms with Gasteiger partial charge in [-0.25, -0.2) is 0 Å². The molecule has 1 aliphatic rings. The van der Waals surface area contributed by atoms with Crippen LogP contribution in [0.5, 0.6) is 0 Å². The molecule has 0 aromatic carbocycles. The highest BCUT2D eigenvalue weighted by Crippen LogP contribution is 2.58. The number of halogens is 4. The second-order valence-corrected chi connectivity index (χ2v) is 3.61. The minimum atomic E-state index is -3.90. The molecule has 0 spiro atoms. The van der Waals surface area contributed by atoms with Crippen molar-refractivity contribution in [2.45, 2.75) is 51.4 Å². The van der Waals surface area contributed by atoms with Gasteiger partial charge in [-0.2, -0.15) is 17.6 Å². The van der Waals surface area contributed by atoms with E-state index in [-0.39, 0.29) is 24.0 Å². The van der Waals surface area contributed by atoms with Gasteiger partial charge in [0.25, 0.3) is 0 Å². The average Bonchev–Trinajstić information content (AvgIpc) is 2.10. The summed E-state index contributed by atoms with van der Waals surface area (Å²) in [6.07, 6.45) is 1.12. The molecule has 0 fully saturated rings. The summed E-state index contributed by atoms with van der Waals surface area (Å²) in [6.45, 7) is 3.42. The largest absolute Gasteiger partial charge is 0.335 e. The van der Waals surface area contributed by atoms with Crippen molar-refractivity contribution >= 4 is 0 Å². The van der Waals surface area contributed by atoms with Crippen LogP contribution in [0.3, 0.4) is 0 Å². The molecule has 0 saturated heterocycles. The standard InChI is InChI=1S/C10H14F4/c1-3-5-7-8(6-4-2)10(13,14)9(7,11)12/h3-6H2,1-2H3. The van der Waals surface area contributed by atoms with Crippen LogP contribution in [0.4, 0.5) is 17.6 Å². The first-order chi connectivity index (χ1) is 6.39. The van der Waals surface area contributed by atoms with E-state index in [2.05, 4.69) is 0 Å². The van der Waals surface area contributed by atoms with Gasteiger partial charge >= 0.3 is 11.8 Å². The first-order valence-corrected chi connectivity index (χ1v) is 4.88. The fourth-order valence-electron chi connectivity index (χ4n) is 1.81. The van der Waals surface area contributed by atoms with E-state index in [4.69, 9.17) is 0 Å². The van der Waals surface area contributed by atoms with E-state index in [0.29, 0.717) is 12.8 Å². The van der Waals surface area contributed by atoms with Crippen LogP contribution in [-0.4, -0.2) is 11.8 Å². The number of alkyl halides is 4. The lowest BCUT2D eigenvalue weighted by Crippen LogP contribution is -2.53. The molecule has 0 amide bonds. The normalized spacial score (nSPS) is 23.6. The lowest BCUT2D eigenvalue weighted by atomic mass is 9.76. The molecule has 1 aliphatic carbocycles. The Labute approximate surface area is 81.0 Å². The molecule has 0 saturated carbocycles. The summed E-state index contributed by atoms with van der Waals surface area (Å²) >= 11 is 0. The molecule has 82 valence electrons. The highest BCUT2D eigenvalue weighted by Gasteiger charge is 2.69. The summed E-state index contributed by atoms with van der Waals surface area (Å²) in [7, 11) is 0. The lowest BCUT2D eigenvalue weighted by Gasteiger charge is -2.41. The molecular formula is C10H14F4. The topological polar surface area (TPSA) is 0 Å². The highest BCUT2D eigenvalue weighted by atomic mass is 19.3. The van der Waals surface area contributed by atoms with Crippen molar-refractivity contribution in [3.8, 4) is 0 Å². The summed E-state index contributed by atoms with van der Waals surface area (Å²) in [6, 6.07) is 0. The minimum Gasteiger partial charge on any atom is -0.194 e. The molecule has 0 nitrogen and oxygen atoms in total. The average molecular weight is 210 g/mol. The van der Waals surface area contributed by atoms with Gasteiger partial charge in [0.05, 0.1) is 0 Å². The maximum absolute atomic E-state index is 12.9. The van der Waals surface area contributed by atoms with Crippen LogP contribution in [0.1, 0.15) is 39.5 Å². The molecular weight excluding hydrogens is 196 g/mol. The Bertz CT molecular complexity index is 227. The van der Waals surface area contributed by atoms with Gasteiger partial charge in [-0.15, -0.1) is 0 Å². The van der Waals surface area contributed by atoms with E-state index in [0.717, 1.165) is 0 Å². The zero-order valence-electron chi connectivity index (χ0n) is 8.34. The van der Waals surface area contributed by atoms with Crippen molar-refractivity contribution in [1.82, 2.24) is 0 Å². The molecule has 14 heavy (non-hydrogen) atoms. The van der Waals surface area contributed by atoms with Gasteiger partial charge in [-0.3, -0.25) is 0 Å². The number of hydrogen-bond donors (Lipinski definition) is 0. The Hall–Kier alpha value is -0.540. The second kappa shape index (κ2) is 3.55. The van der Waals surface area contributed by atoms with Gasteiger partial charge in [-0.1, -0.05) is 26.7 Å². The smallest absolute Gasteiger partial charge is 0.194 e. The van der Waals surface area contributed by atoms with Crippen molar-refractivity contribution < 1.29 is 17.6 Å². The van der Waals surface area contributed by atoms with Crippen LogP contribution in [0, 0.1) is 0 Å². The van der Waals surface area contributed by atoms with Crippen molar-refractivity contribution in [2.75, 3.05) is 0 Å². The third kappa shape index (κ3) is 1.35. The summed E-state index contributed by atoms with van der Waals surface area (Å²) in [5.41, 5.74) is -0.654. The fraction of sp³-hybridized carbons (Fsp3) is 0.800. The van der Waals surface area contributed by atoms with Crippen LogP contribution in [-0.2, 0) is 0 Å². The van der Waals surface area contributed by atoms with E-state index in [1.54, 1.807) is 13.8 Å². The fourth-order valence-corrected chi connectivity index (χ4v) is 1.81. The summed E-state index contributed by atoms with van der Waals surface area (Å²) < 4.78 is 51.7. The van der Waals surface area contributed by atoms with Gasteiger partial charge in [-0.05, 0) is 12.8 Å². The Kier molecular flexibility index (Phi) is 2.93. The third-order valence-electron chi connectivity index (χ3n) is 2.52. The highest BCUT2D eigenvalue weighted by molar-refractivity contribution is 5.43. The Morgan fingerprint density at radius 1 is 0.786 bits per heavy atom. The molecule has 4 heteroatoms. The number of hydrogen-bond acceptors (Lipinski definition) is 0. The zero-order chi connectivity index (χ0) is 11.0. The van der Waals surface area contributed by atoms with Crippen LogP contribution in [0.25, 0.3) is 0 Å². The van der Waals surface area contributed by atoms with Crippen molar-refractivity contribution in [1.29, 1.82) is 0 Å². The van der Waals surface area contributed by atoms with Gasteiger partial charge in [0, 0.05) is 11.1 Å². The van der Waals surface area contributed by atoms with Gasteiger partial charge in [0.15, 0.2) is 0 Å². The van der Waals surface area contributed by atoms with Crippen molar-refractivity contribution in [3.63, 3.8) is 0 Å². The molecule has 0 aliphatic heterocycles. The molecule has 0 radical (unpaired) electrons. The van der Waals surface area contributed by atoms with Crippen LogP contribution < -0.4 is 0 Å². The molecule has 0 unspecified atom stereocenters. The Morgan fingerprint density at radius 2 is 1.07 bits per heavy atom. The Balaban J connectivity index is 2.97. The van der Waals surface area contributed by atoms with Crippen molar-refractivity contribution in [3.05, 3.63) is 11.1 Å². The maximum Gasteiger partial charge on any atom is 0.335 e. The summed E-state index contributed by atoms with van der Waals surface area (Å²) in [4.78, 5) is 0. The lowest BCUT2D eigenvalue weighted by molar-refractivity contribution is -0.194. The maximum atomic E-state index is 12.9. The van der Waals surface area contributed by atoms with E-state index in [9.17, 15) is 17.6 Å². The SMILES string of the molecule is CCCC1=C(CCC)C(F)(F)C1(F)F. The first-order valence-electron chi connectivity index (χ1n) is 4.88. The minimum absolute atomic E-state index is 0.0813. The summed E-state index contributed by atoms with van der Waals surface area (Å²) in [5, 5.41) is 0. The predicted molar refractivity (Wildman–Crippen MR) is 46.7 cm³/mol. The third-order valence-corrected chi connectivity index (χ3v) is 2.52.